The molecule has 0 atom stereocenters. The van der Waals surface area contributed by atoms with E-state index in [-0.39, 0.29) is 12.5 Å². The van der Waals surface area contributed by atoms with Gasteiger partial charge in [-0.25, -0.2) is 4.98 Å². The van der Waals surface area contributed by atoms with Crippen LogP contribution in [0.15, 0.2) is 42.6 Å². The van der Waals surface area contributed by atoms with Crippen LogP contribution in [0.5, 0.6) is 11.5 Å². The van der Waals surface area contributed by atoms with Crippen molar-refractivity contribution in [2.24, 2.45) is 5.92 Å². The highest BCUT2D eigenvalue weighted by Gasteiger charge is 2.17. The third-order valence-corrected chi connectivity index (χ3v) is 5.95. The Kier molecular flexibility index (Phi) is 7.16. The summed E-state index contributed by atoms with van der Waals surface area (Å²) in [4.78, 5) is 17.1. The van der Waals surface area contributed by atoms with E-state index in [0.717, 1.165) is 11.3 Å². The van der Waals surface area contributed by atoms with Gasteiger partial charge in [0.25, 0.3) is 0 Å². The van der Waals surface area contributed by atoms with Crippen LogP contribution >= 0.6 is 12.2 Å². The lowest BCUT2D eigenvalue weighted by Gasteiger charge is -2.22. The Morgan fingerprint density at radius 2 is 2.00 bits per heavy atom. The van der Waals surface area contributed by atoms with Gasteiger partial charge in [-0.15, -0.1) is 0 Å². The van der Waals surface area contributed by atoms with Gasteiger partial charge in [-0.05, 0) is 67.4 Å². The highest BCUT2D eigenvalue weighted by molar-refractivity contribution is 7.71. The van der Waals surface area contributed by atoms with Crippen LogP contribution in [-0.2, 0) is 11.3 Å². The van der Waals surface area contributed by atoms with Gasteiger partial charge in [0.2, 0.25) is 5.91 Å². The molecule has 0 unspecified atom stereocenters. The quantitative estimate of drug-likeness (QED) is 0.484. The summed E-state index contributed by atoms with van der Waals surface area (Å²) in [5.41, 5.74) is 0.820. The van der Waals surface area contributed by atoms with Crippen LogP contribution in [0.4, 0.5) is 5.82 Å². The molecule has 0 aliphatic heterocycles. The number of aromatic nitrogens is 4. The Bertz CT molecular complexity index is 1100. The van der Waals surface area contributed by atoms with Gasteiger partial charge in [0.15, 0.2) is 22.2 Å². The fraction of sp³-hybridized carbons (Fsp3) is 0.391. The van der Waals surface area contributed by atoms with E-state index in [0.29, 0.717) is 34.7 Å². The molecular weight excluding hydrogens is 426 g/mol. The number of rotatable bonds is 8. The molecule has 0 bridgehead atoms. The number of nitrogens with zero attached hydrogens (tertiary/aromatic N) is 3. The predicted molar refractivity (Wildman–Crippen MR) is 124 cm³/mol. The summed E-state index contributed by atoms with van der Waals surface area (Å²) in [6.45, 7) is 0.637. The molecule has 1 aliphatic rings. The van der Waals surface area contributed by atoms with Crippen LogP contribution in [0.3, 0.4) is 0 Å². The minimum absolute atomic E-state index is 0.00463. The van der Waals surface area contributed by atoms with E-state index in [1.165, 1.54) is 32.1 Å². The van der Waals surface area contributed by atoms with Crippen LogP contribution in [0.2, 0.25) is 0 Å². The summed E-state index contributed by atoms with van der Waals surface area (Å²) in [6.07, 6.45) is 7.83. The van der Waals surface area contributed by atoms with Gasteiger partial charge in [0, 0.05) is 11.8 Å². The van der Waals surface area contributed by atoms with Crippen molar-refractivity contribution in [1.82, 2.24) is 19.7 Å². The minimum Gasteiger partial charge on any atom is -0.497 e. The van der Waals surface area contributed by atoms with Crippen molar-refractivity contribution in [2.45, 2.75) is 38.6 Å². The number of ether oxygens (including phenoxy) is 2. The molecule has 168 valence electrons. The average molecular weight is 454 g/mol. The number of carbonyl (C=O) groups excluding carboxylic acids is 1. The van der Waals surface area contributed by atoms with E-state index in [9.17, 15) is 4.79 Å². The van der Waals surface area contributed by atoms with Crippen molar-refractivity contribution < 1.29 is 14.3 Å². The zero-order chi connectivity index (χ0) is 22.3. The molecule has 0 radical (unpaired) electrons. The highest BCUT2D eigenvalue weighted by Crippen LogP contribution is 2.27. The molecule has 2 aromatic heterocycles. The number of methoxy groups -OCH3 is 1. The SMILES string of the molecule is COc1ccc(-c2n[nH]c(=S)n2CC(=O)Nc2ncccc2OCC2CCCCC2)cc1. The molecule has 1 fully saturated rings. The predicted octanol–water partition coefficient (Wildman–Crippen LogP) is 4.61. The molecule has 1 saturated carbocycles. The summed E-state index contributed by atoms with van der Waals surface area (Å²) < 4.78 is 13.2. The minimum atomic E-state index is -0.265. The molecule has 1 amide bonds. The first-order valence-electron chi connectivity index (χ1n) is 10.8. The van der Waals surface area contributed by atoms with Gasteiger partial charge >= 0.3 is 0 Å². The second kappa shape index (κ2) is 10.4. The van der Waals surface area contributed by atoms with Gasteiger partial charge in [-0.3, -0.25) is 14.5 Å². The second-order valence-electron chi connectivity index (χ2n) is 7.88. The summed E-state index contributed by atoms with van der Waals surface area (Å²) >= 11 is 5.34. The fourth-order valence-corrected chi connectivity index (χ4v) is 4.10. The molecule has 9 heteroatoms. The van der Waals surface area contributed by atoms with E-state index in [2.05, 4.69) is 20.5 Å². The number of hydrogen-bond acceptors (Lipinski definition) is 6. The lowest BCUT2D eigenvalue weighted by molar-refractivity contribution is -0.116. The maximum Gasteiger partial charge on any atom is 0.245 e. The number of H-pyrrole nitrogens is 1. The number of hydrogen-bond donors (Lipinski definition) is 2. The van der Waals surface area contributed by atoms with Crippen molar-refractivity contribution in [2.75, 3.05) is 19.0 Å². The zero-order valence-corrected chi connectivity index (χ0v) is 18.9. The lowest BCUT2D eigenvalue weighted by Crippen LogP contribution is -2.21. The van der Waals surface area contributed by atoms with Crippen molar-refractivity contribution >= 4 is 23.9 Å². The summed E-state index contributed by atoms with van der Waals surface area (Å²) in [7, 11) is 1.61. The van der Waals surface area contributed by atoms with Crippen molar-refractivity contribution in [3.05, 3.63) is 47.4 Å². The first-order chi connectivity index (χ1) is 15.6. The Balaban J connectivity index is 1.44. The molecule has 0 saturated heterocycles. The number of benzene rings is 1. The normalized spacial score (nSPS) is 14.2. The molecule has 4 rings (SSSR count). The van der Waals surface area contributed by atoms with E-state index >= 15 is 0 Å². The third kappa shape index (κ3) is 5.34. The number of carbonyl (C=O) groups is 1. The van der Waals surface area contributed by atoms with Crippen molar-refractivity contribution in [1.29, 1.82) is 0 Å². The highest BCUT2D eigenvalue weighted by atomic mass is 32.1. The van der Waals surface area contributed by atoms with E-state index in [4.69, 9.17) is 21.7 Å². The molecular formula is C23H27N5O3S. The van der Waals surface area contributed by atoms with E-state index in [1.807, 2.05) is 30.3 Å². The van der Waals surface area contributed by atoms with Crippen LogP contribution in [0, 0.1) is 10.7 Å². The molecule has 32 heavy (non-hydrogen) atoms. The standard InChI is InChI=1S/C23H27N5O3S/c1-30-18-11-9-17(10-12-18)22-26-27-23(32)28(22)14-20(29)25-21-19(8-5-13-24-21)31-15-16-6-3-2-4-7-16/h5,8-13,16H,2-4,6-7,14-15H2,1H3,(H,27,32)(H,24,25,29). The molecule has 0 spiro atoms. The zero-order valence-electron chi connectivity index (χ0n) is 18.0. The van der Waals surface area contributed by atoms with E-state index < -0.39 is 0 Å². The maximum atomic E-state index is 12.8. The fourth-order valence-electron chi connectivity index (χ4n) is 3.90. The largest absolute Gasteiger partial charge is 0.497 e. The maximum absolute atomic E-state index is 12.8. The lowest BCUT2D eigenvalue weighted by atomic mass is 9.90. The van der Waals surface area contributed by atoms with Crippen LogP contribution in [0.25, 0.3) is 11.4 Å². The van der Waals surface area contributed by atoms with Crippen LogP contribution in [-0.4, -0.2) is 39.4 Å². The Labute approximate surface area is 192 Å². The Morgan fingerprint density at radius 1 is 1.22 bits per heavy atom. The monoisotopic (exact) mass is 453 g/mol. The van der Waals surface area contributed by atoms with Crippen LogP contribution in [0.1, 0.15) is 32.1 Å². The number of pyridine rings is 1. The van der Waals surface area contributed by atoms with Crippen molar-refractivity contribution in [3.8, 4) is 22.9 Å². The van der Waals surface area contributed by atoms with Crippen molar-refractivity contribution in [3.63, 3.8) is 0 Å². The third-order valence-electron chi connectivity index (χ3n) is 5.64. The summed E-state index contributed by atoms with van der Waals surface area (Å²) in [5.74, 6) is 2.60. The van der Waals surface area contributed by atoms with Gasteiger partial charge in [0.1, 0.15) is 12.3 Å². The topological polar surface area (TPSA) is 94.1 Å². The number of aromatic amines is 1. The van der Waals surface area contributed by atoms with Gasteiger partial charge in [-0.2, -0.15) is 5.10 Å². The number of anilines is 1. The second-order valence-corrected chi connectivity index (χ2v) is 8.27. The van der Waals surface area contributed by atoms with Gasteiger partial charge in [-0.1, -0.05) is 19.3 Å². The number of nitrogens with one attached hydrogen (secondary N) is 2. The molecule has 2 N–H and O–H groups in total. The molecule has 1 aliphatic carbocycles. The Hall–Kier alpha value is -3.20. The molecule has 2 heterocycles. The van der Waals surface area contributed by atoms with Gasteiger partial charge in [0.05, 0.1) is 13.7 Å². The van der Waals surface area contributed by atoms with E-state index in [1.54, 1.807) is 23.9 Å². The average Bonchev–Trinajstić information content (AvgIpc) is 3.19. The molecule has 8 nitrogen and oxygen atoms in total. The smallest absolute Gasteiger partial charge is 0.245 e. The van der Waals surface area contributed by atoms with Gasteiger partial charge < -0.3 is 14.8 Å². The first kappa shape index (κ1) is 22.0. The summed E-state index contributed by atoms with van der Waals surface area (Å²) in [5, 5.41) is 9.91. The Morgan fingerprint density at radius 3 is 2.75 bits per heavy atom. The van der Waals surface area contributed by atoms with Crippen LogP contribution < -0.4 is 14.8 Å². The summed E-state index contributed by atoms with van der Waals surface area (Å²) in [6, 6.07) is 11.0. The first-order valence-corrected chi connectivity index (χ1v) is 11.2. The molecule has 3 aromatic rings. The molecule has 1 aromatic carbocycles. The number of amides is 1.